The molecule has 0 aliphatic heterocycles. The zero-order valence-corrected chi connectivity index (χ0v) is 45.4. The summed E-state index contributed by atoms with van der Waals surface area (Å²) in [6, 6.07) is 60.8. The van der Waals surface area contributed by atoms with Crippen LogP contribution >= 0.6 is 0 Å². The lowest BCUT2D eigenvalue weighted by molar-refractivity contribution is 1.01. The van der Waals surface area contributed by atoms with E-state index in [1.165, 1.54) is 71.0 Å². The molecule has 4 nitrogen and oxygen atoms in total. The van der Waals surface area contributed by atoms with E-state index in [1.54, 1.807) is 0 Å². The quantitative estimate of drug-likeness (QED) is 0.139. The lowest BCUT2D eigenvalue weighted by Gasteiger charge is -1.95. The van der Waals surface area contributed by atoms with Crippen LogP contribution in [0.15, 0.2) is 176 Å². The van der Waals surface area contributed by atoms with E-state index < -0.39 is 0 Å². The van der Waals surface area contributed by atoms with Crippen molar-refractivity contribution in [2.75, 3.05) is 0 Å². The van der Waals surface area contributed by atoms with Gasteiger partial charge in [0.25, 0.3) is 0 Å². The maximum Gasteiger partial charge on any atom is 0.0488 e. The summed E-state index contributed by atoms with van der Waals surface area (Å²) in [5.74, 6) is 0. The number of fused-ring (bicyclic) bond motifs is 9. The number of H-pyrrole nitrogens is 2. The summed E-state index contributed by atoms with van der Waals surface area (Å²) in [5, 5.41) is 7.89. The summed E-state index contributed by atoms with van der Waals surface area (Å²) in [4.78, 5) is 6.76. The maximum atomic E-state index is 3.38. The third-order valence-corrected chi connectivity index (χ3v) is 8.59. The molecule has 0 unspecified atom stereocenters. The number of benzene rings is 7. The lowest BCUT2D eigenvalue weighted by atomic mass is 10.2. The second-order valence-electron chi connectivity index (χ2n) is 11.7. The normalized spacial score (nSPS) is 8.24. The molecule has 0 spiro atoms. The molecule has 68 heavy (non-hydrogen) atoms. The van der Waals surface area contributed by atoms with Crippen molar-refractivity contribution in [1.29, 1.82) is 0 Å². The molecule has 0 saturated heterocycles. The highest BCUT2D eigenvalue weighted by Gasteiger charge is 2.05. The van der Waals surface area contributed by atoms with Crippen LogP contribution in [0.5, 0.6) is 0 Å². The first-order chi connectivity index (χ1) is 32.2. The number of rotatable bonds is 0. The fourth-order valence-corrected chi connectivity index (χ4v) is 6.25. The van der Waals surface area contributed by atoms with Gasteiger partial charge < -0.3 is 20.7 Å². The summed E-state index contributed by atoms with van der Waals surface area (Å²) in [6.07, 6.45) is 0. The van der Waals surface area contributed by atoms with Crippen LogP contribution in [0, 0.1) is 6.92 Å². The van der Waals surface area contributed by atoms with E-state index in [4.69, 9.17) is 0 Å². The molecule has 3 aromatic heterocycles. The highest BCUT2D eigenvalue weighted by atomic mass is 14.9. The molecule has 3 heterocycles. The second-order valence-corrected chi connectivity index (χ2v) is 11.7. The summed E-state index contributed by atoms with van der Waals surface area (Å²) in [7, 11) is 2.12. The maximum absolute atomic E-state index is 3.38. The summed E-state index contributed by atoms with van der Waals surface area (Å²) in [5.41, 5.74) is 8.77. The third kappa shape index (κ3) is 22.6. The van der Waals surface area contributed by atoms with Crippen LogP contribution in [0.25, 0.3) is 65.4 Å². The minimum Gasteiger partial charge on any atom is -0.355 e. The Morgan fingerprint density at radius 2 is 0.456 bits per heavy atom. The van der Waals surface area contributed by atoms with E-state index in [0.29, 0.717) is 0 Å². The van der Waals surface area contributed by atoms with Crippen LogP contribution < -0.4 is 6.15 Å². The van der Waals surface area contributed by atoms with Crippen LogP contribution in [0.2, 0.25) is 0 Å². The monoisotopic (exact) mass is 927 g/mol. The van der Waals surface area contributed by atoms with Gasteiger partial charge in [-0.3, -0.25) is 0 Å². The zero-order valence-electron chi connectivity index (χ0n) is 45.4. The van der Waals surface area contributed by atoms with E-state index in [9.17, 15) is 0 Å². The Labute approximate surface area is 419 Å². The van der Waals surface area contributed by atoms with E-state index >= 15 is 0 Å². The molecule has 0 aliphatic carbocycles. The van der Waals surface area contributed by atoms with Crippen LogP contribution in [0.3, 0.4) is 0 Å². The van der Waals surface area contributed by atoms with Crippen molar-refractivity contribution >= 4 is 65.4 Å². The summed E-state index contributed by atoms with van der Waals surface area (Å²) < 4.78 is 2.24. The van der Waals surface area contributed by atoms with Crippen molar-refractivity contribution in [3.8, 4) is 0 Å². The van der Waals surface area contributed by atoms with Crippen molar-refractivity contribution in [1.82, 2.24) is 20.7 Å². The number of para-hydroxylation sites is 6. The van der Waals surface area contributed by atoms with E-state index in [0.717, 1.165) is 0 Å². The smallest absolute Gasteiger partial charge is 0.0488 e. The van der Waals surface area contributed by atoms with Gasteiger partial charge in [0.15, 0.2) is 0 Å². The lowest BCUT2D eigenvalue weighted by Crippen LogP contribution is -1.84. The fraction of sp³-hybridized carbons (Fsp3) is 0.344. The molecule has 5 N–H and O–H groups in total. The fourth-order valence-electron chi connectivity index (χ4n) is 6.25. The van der Waals surface area contributed by atoms with Gasteiger partial charge in [-0.15, -0.1) is 0 Å². The molecule has 0 saturated carbocycles. The van der Waals surface area contributed by atoms with Gasteiger partial charge in [0.05, 0.1) is 0 Å². The molecule has 4 heteroatoms. The van der Waals surface area contributed by atoms with Gasteiger partial charge in [-0.1, -0.05) is 285 Å². The minimum absolute atomic E-state index is 0. The number of hydrogen-bond acceptors (Lipinski definition) is 1. The van der Waals surface area contributed by atoms with Crippen LogP contribution in [-0.4, -0.2) is 14.5 Å². The number of aryl methyl sites for hydroxylation is 2. The molecule has 7 aromatic carbocycles. The molecule has 0 fully saturated rings. The van der Waals surface area contributed by atoms with Crippen LogP contribution in [0.1, 0.15) is 145 Å². The van der Waals surface area contributed by atoms with Gasteiger partial charge in [-0.25, -0.2) is 0 Å². The van der Waals surface area contributed by atoms with Crippen LogP contribution in [-0.2, 0) is 7.05 Å². The summed E-state index contributed by atoms with van der Waals surface area (Å²) in [6.45, 7) is 38.1. The topological polar surface area (TPSA) is 71.5 Å². The number of hydrogen-bond donors (Lipinski definition) is 3. The van der Waals surface area contributed by atoms with Crippen molar-refractivity contribution in [3.63, 3.8) is 0 Å². The number of aromatic nitrogens is 3. The molecule has 10 rings (SSSR count). The number of nitrogens with zero attached hydrogens (tertiary/aromatic N) is 1. The zero-order chi connectivity index (χ0) is 50.0. The second kappa shape index (κ2) is 48.8. The Morgan fingerprint density at radius 3 is 0.676 bits per heavy atom. The first-order valence-electron chi connectivity index (χ1n) is 25.0. The van der Waals surface area contributed by atoms with E-state index in [2.05, 4.69) is 186 Å². The average molecular weight is 928 g/mol. The average Bonchev–Trinajstić information content (AvgIpc) is 4.10. The standard InChI is InChI=1S/C13H11N.2C12H9N.C7H8.9C2H6.2CH4.H3N/c1-14-12-8-4-2-6-10(12)11-7-3-5-9-13(11)14;2*1-3-7-11-9(5-1)10-6-2-4-8-12(10)13-11;1-7-5-3-2-4-6-7;9*1-2;;;/h2-9H,1H3;2*1-8,13H;2-6H,1H3;9*1-2H3;2*1H4;1H3. The first kappa shape index (κ1) is 73.5. The Morgan fingerprint density at radius 1 is 0.265 bits per heavy atom. The SMILES string of the molecule is C.C.CC.CC.CC.CC.CC.CC.CC.CC.CC.Cc1ccccc1.Cn1c2ccccc2c2ccccc21.N.c1ccc2c(c1)[nH]c1ccccc12.c1ccc2c(c1)[nH]c1ccccc12. The van der Waals surface area contributed by atoms with Crippen molar-refractivity contribution in [2.24, 2.45) is 7.05 Å². The Kier molecular flexibility index (Phi) is 52.7. The van der Waals surface area contributed by atoms with Gasteiger partial charge >= 0.3 is 0 Å². The highest BCUT2D eigenvalue weighted by Crippen LogP contribution is 2.27. The molecule has 0 bridgehead atoms. The van der Waals surface area contributed by atoms with Crippen molar-refractivity contribution < 1.29 is 0 Å². The molecule has 378 valence electrons. The Balaban J connectivity index is -0.000000169. The molecule has 0 amide bonds. The predicted octanol–water partition coefficient (Wildman–Crippen LogP) is 22.6. The van der Waals surface area contributed by atoms with Crippen molar-refractivity contribution in [3.05, 3.63) is 181 Å². The predicted molar refractivity (Wildman–Crippen MR) is 324 cm³/mol. The van der Waals surface area contributed by atoms with Gasteiger partial charge in [0.1, 0.15) is 0 Å². The number of nitrogens with one attached hydrogen (secondary N) is 2. The van der Waals surface area contributed by atoms with E-state index in [-0.39, 0.29) is 21.0 Å². The number of aromatic amines is 2. The minimum atomic E-state index is 0. The highest BCUT2D eigenvalue weighted by molar-refractivity contribution is 6.09. The van der Waals surface area contributed by atoms with Gasteiger partial charge in [-0.05, 0) is 43.3 Å². The molecule has 0 radical (unpaired) electrons. The molecule has 0 aliphatic rings. The van der Waals surface area contributed by atoms with Gasteiger partial charge in [0.2, 0.25) is 0 Å². The van der Waals surface area contributed by atoms with Crippen LogP contribution in [0.4, 0.5) is 0 Å². The third-order valence-electron chi connectivity index (χ3n) is 8.59. The summed E-state index contributed by atoms with van der Waals surface area (Å²) >= 11 is 0. The largest absolute Gasteiger partial charge is 0.355 e. The van der Waals surface area contributed by atoms with Gasteiger partial charge in [0, 0.05) is 72.5 Å². The molecular weight excluding hydrogens is 825 g/mol. The van der Waals surface area contributed by atoms with Gasteiger partial charge in [-0.2, -0.15) is 0 Å². The van der Waals surface area contributed by atoms with Crippen molar-refractivity contribution in [2.45, 2.75) is 146 Å². The molecule has 0 atom stereocenters. The van der Waals surface area contributed by atoms with E-state index in [1.807, 2.05) is 143 Å². The Bertz CT molecular complexity index is 2290. The molecule has 10 aromatic rings. The first-order valence-corrected chi connectivity index (χ1v) is 25.0. The molecular formula is C64H102N4. The Hall–Kier alpha value is -6.10.